The highest BCUT2D eigenvalue weighted by atomic mass is 35.5. The lowest BCUT2D eigenvalue weighted by atomic mass is 10.0. The lowest BCUT2D eigenvalue weighted by molar-refractivity contribution is -0.140. The van der Waals surface area contributed by atoms with Gasteiger partial charge < -0.3 is 29.2 Å². The highest BCUT2D eigenvalue weighted by Gasteiger charge is 2.37. The summed E-state index contributed by atoms with van der Waals surface area (Å²) in [6.45, 7) is -0.711. The number of carbonyl (C=O) groups excluding carboxylic acids is 2. The van der Waals surface area contributed by atoms with Gasteiger partial charge in [-0.05, 0) is 60.4 Å². The molecule has 0 spiro atoms. The number of methoxy groups -OCH3 is 4. The van der Waals surface area contributed by atoms with Crippen LogP contribution in [0.25, 0.3) is 0 Å². The van der Waals surface area contributed by atoms with Crippen molar-refractivity contribution in [3.63, 3.8) is 0 Å². The van der Waals surface area contributed by atoms with E-state index in [9.17, 15) is 18.0 Å². The van der Waals surface area contributed by atoms with Crippen molar-refractivity contribution in [2.24, 2.45) is 0 Å². The molecular formula is C39H44ClN3O8S. The summed E-state index contributed by atoms with van der Waals surface area (Å²) < 4.78 is 52.2. The van der Waals surface area contributed by atoms with Crippen LogP contribution in [-0.4, -0.2) is 72.2 Å². The third-order valence-corrected chi connectivity index (χ3v) is 11.1. The number of nitrogens with zero attached hydrogens (tertiary/aromatic N) is 2. The molecule has 0 aliphatic heterocycles. The predicted molar refractivity (Wildman–Crippen MR) is 200 cm³/mol. The molecule has 0 radical (unpaired) electrons. The van der Waals surface area contributed by atoms with Gasteiger partial charge in [0.2, 0.25) is 11.8 Å². The quantitative estimate of drug-likeness (QED) is 0.142. The molecule has 1 saturated carbocycles. The Morgan fingerprint density at radius 3 is 2.12 bits per heavy atom. The summed E-state index contributed by atoms with van der Waals surface area (Å²) in [4.78, 5) is 30.5. The summed E-state index contributed by atoms with van der Waals surface area (Å²) >= 11 is 6.38. The monoisotopic (exact) mass is 749 g/mol. The van der Waals surface area contributed by atoms with E-state index in [4.69, 9.17) is 30.5 Å². The van der Waals surface area contributed by atoms with Crippen molar-refractivity contribution in [1.82, 2.24) is 10.2 Å². The van der Waals surface area contributed by atoms with E-state index in [1.807, 2.05) is 36.4 Å². The lowest BCUT2D eigenvalue weighted by Gasteiger charge is -2.34. The molecule has 0 saturated heterocycles. The van der Waals surface area contributed by atoms with Crippen LogP contribution < -0.4 is 28.6 Å². The molecule has 0 heterocycles. The third kappa shape index (κ3) is 9.10. The Kier molecular flexibility index (Phi) is 12.9. The second-order valence-electron chi connectivity index (χ2n) is 12.4. The maximum absolute atomic E-state index is 14.9. The van der Waals surface area contributed by atoms with Crippen molar-refractivity contribution in [2.75, 3.05) is 39.3 Å². The van der Waals surface area contributed by atoms with E-state index in [-0.39, 0.29) is 47.0 Å². The molecule has 4 aromatic carbocycles. The summed E-state index contributed by atoms with van der Waals surface area (Å²) in [7, 11) is 1.20. The number of amides is 2. The first-order chi connectivity index (χ1) is 25.1. The smallest absolute Gasteiger partial charge is 0.265 e. The number of hydrogen-bond acceptors (Lipinski definition) is 8. The highest BCUT2D eigenvalue weighted by molar-refractivity contribution is 7.92. The van der Waals surface area contributed by atoms with Crippen LogP contribution >= 0.6 is 11.6 Å². The molecular weight excluding hydrogens is 706 g/mol. The fourth-order valence-corrected chi connectivity index (χ4v) is 8.01. The number of hydrogen-bond donors (Lipinski definition) is 1. The van der Waals surface area contributed by atoms with E-state index in [0.717, 1.165) is 35.6 Å². The van der Waals surface area contributed by atoms with Gasteiger partial charge in [0.15, 0.2) is 11.5 Å². The zero-order valence-corrected chi connectivity index (χ0v) is 31.3. The number of ether oxygens (including phenoxy) is 4. The standard InChI is InChI=1S/C39H44ClN3O8S/c1-48-31-17-19-35(49-2)33(23-31)43(52(46,47)32-18-20-36(50-3)37(24-32)51-4)26-38(44)42(25-28-13-10-14-29(40)21-28)34(22-27-11-6-5-7-12-27)39(45)41-30-15-8-9-16-30/h5-7,10-14,17-21,23-24,30,34H,8-9,15-16,22,25-26H2,1-4H3,(H,41,45). The second kappa shape index (κ2) is 17.5. The van der Waals surface area contributed by atoms with E-state index in [1.54, 1.807) is 30.3 Å². The summed E-state index contributed by atoms with van der Waals surface area (Å²) in [6.07, 6.45) is 3.89. The van der Waals surface area contributed by atoms with Gasteiger partial charge in [0.25, 0.3) is 10.0 Å². The molecule has 11 nitrogen and oxygen atoms in total. The number of nitrogens with one attached hydrogen (secondary N) is 1. The fraction of sp³-hybridized carbons (Fsp3) is 0.333. The van der Waals surface area contributed by atoms with E-state index in [0.29, 0.717) is 22.1 Å². The van der Waals surface area contributed by atoms with Crippen LogP contribution in [0.4, 0.5) is 5.69 Å². The molecule has 0 bridgehead atoms. The SMILES string of the molecule is COc1ccc(OC)c(N(CC(=O)N(Cc2cccc(Cl)c2)C(Cc2ccccc2)C(=O)NC2CCCC2)S(=O)(=O)c2ccc(OC)c(OC)c2)c1. The number of halogens is 1. The molecule has 1 aliphatic carbocycles. The first kappa shape index (κ1) is 38.3. The van der Waals surface area contributed by atoms with Gasteiger partial charge in [-0.1, -0.05) is 66.9 Å². The lowest BCUT2D eigenvalue weighted by Crippen LogP contribution is -2.54. The van der Waals surface area contributed by atoms with Crippen LogP contribution in [0.15, 0.2) is 95.9 Å². The topological polar surface area (TPSA) is 124 Å². The minimum Gasteiger partial charge on any atom is -0.497 e. The molecule has 52 heavy (non-hydrogen) atoms. The molecule has 1 unspecified atom stereocenters. The van der Waals surface area contributed by atoms with E-state index in [1.165, 1.54) is 57.6 Å². The molecule has 1 aliphatic rings. The third-order valence-electron chi connectivity index (χ3n) is 9.09. The highest BCUT2D eigenvalue weighted by Crippen LogP contribution is 2.38. The van der Waals surface area contributed by atoms with Crippen molar-refractivity contribution in [3.05, 3.63) is 107 Å². The molecule has 5 rings (SSSR count). The molecule has 4 aromatic rings. The maximum atomic E-state index is 14.9. The number of sulfonamides is 1. The summed E-state index contributed by atoms with van der Waals surface area (Å²) in [5.41, 5.74) is 1.56. The molecule has 2 amide bonds. The van der Waals surface area contributed by atoms with Crippen LogP contribution in [0.1, 0.15) is 36.8 Å². The van der Waals surface area contributed by atoms with Gasteiger partial charge in [-0.2, -0.15) is 0 Å². The Bertz CT molecular complexity index is 1950. The molecule has 276 valence electrons. The Hall–Kier alpha value is -4.94. The first-order valence-corrected chi connectivity index (χ1v) is 18.7. The first-order valence-electron chi connectivity index (χ1n) is 16.9. The fourth-order valence-electron chi connectivity index (χ4n) is 6.36. The zero-order valence-electron chi connectivity index (χ0n) is 29.7. The average molecular weight is 750 g/mol. The van der Waals surface area contributed by atoms with Gasteiger partial charge in [0.05, 0.1) is 39.0 Å². The Morgan fingerprint density at radius 1 is 0.788 bits per heavy atom. The minimum absolute atomic E-state index is 0.0168. The van der Waals surface area contributed by atoms with Crippen LogP contribution in [0, 0.1) is 0 Å². The molecule has 1 fully saturated rings. The van der Waals surface area contributed by atoms with Crippen LogP contribution in [0.3, 0.4) is 0 Å². The Balaban J connectivity index is 1.64. The van der Waals surface area contributed by atoms with E-state index >= 15 is 0 Å². The molecule has 13 heteroatoms. The Labute approximate surface area is 310 Å². The number of carbonyl (C=O) groups is 2. The zero-order chi connectivity index (χ0) is 37.3. The summed E-state index contributed by atoms with van der Waals surface area (Å²) in [6, 6.07) is 24.3. The largest absolute Gasteiger partial charge is 0.497 e. The van der Waals surface area contributed by atoms with E-state index < -0.39 is 28.5 Å². The number of benzene rings is 4. The maximum Gasteiger partial charge on any atom is 0.265 e. The summed E-state index contributed by atoms with van der Waals surface area (Å²) in [5, 5.41) is 3.63. The van der Waals surface area contributed by atoms with Crippen molar-refractivity contribution in [2.45, 2.75) is 55.6 Å². The number of anilines is 1. The van der Waals surface area contributed by atoms with Gasteiger partial charge in [-0.15, -0.1) is 0 Å². The van der Waals surface area contributed by atoms with Crippen LogP contribution in [-0.2, 0) is 32.6 Å². The second-order valence-corrected chi connectivity index (χ2v) is 14.7. The van der Waals surface area contributed by atoms with Crippen LogP contribution in [0.2, 0.25) is 5.02 Å². The normalized spacial score (nSPS) is 13.6. The van der Waals surface area contributed by atoms with Crippen molar-refractivity contribution >= 4 is 39.1 Å². The van der Waals surface area contributed by atoms with Gasteiger partial charge in [-0.3, -0.25) is 13.9 Å². The van der Waals surface area contributed by atoms with Gasteiger partial charge in [0.1, 0.15) is 24.1 Å². The molecule has 1 atom stereocenters. The van der Waals surface area contributed by atoms with Gasteiger partial charge in [-0.25, -0.2) is 8.42 Å². The molecule has 0 aromatic heterocycles. The average Bonchev–Trinajstić information content (AvgIpc) is 3.67. The predicted octanol–water partition coefficient (Wildman–Crippen LogP) is 6.27. The number of rotatable bonds is 16. The van der Waals surface area contributed by atoms with Crippen molar-refractivity contribution < 1.29 is 37.0 Å². The molecule has 1 N–H and O–H groups in total. The van der Waals surface area contributed by atoms with Crippen molar-refractivity contribution in [3.8, 4) is 23.0 Å². The van der Waals surface area contributed by atoms with Gasteiger partial charge >= 0.3 is 0 Å². The van der Waals surface area contributed by atoms with E-state index in [2.05, 4.69) is 5.32 Å². The van der Waals surface area contributed by atoms with Gasteiger partial charge in [0, 0.05) is 36.2 Å². The van der Waals surface area contributed by atoms with Crippen LogP contribution in [0.5, 0.6) is 23.0 Å². The summed E-state index contributed by atoms with van der Waals surface area (Å²) in [5.74, 6) is 0.0772. The minimum atomic E-state index is -4.51. The Morgan fingerprint density at radius 2 is 1.46 bits per heavy atom. The van der Waals surface area contributed by atoms with Crippen molar-refractivity contribution in [1.29, 1.82) is 0 Å².